The standard InChI is InChI=1S/C18H21N5O/c1-4-22-13-17(14(2)20-22)18(24)21(3)12-15-6-8-16(9-7-15)23-11-5-10-19-23/h5-11,13H,4,12H2,1-3H3. The molecule has 0 unspecified atom stereocenters. The van der Waals surface area contributed by atoms with Crippen LogP contribution in [-0.4, -0.2) is 37.4 Å². The molecular weight excluding hydrogens is 302 g/mol. The summed E-state index contributed by atoms with van der Waals surface area (Å²) in [7, 11) is 1.81. The Balaban J connectivity index is 1.70. The maximum Gasteiger partial charge on any atom is 0.257 e. The number of hydrogen-bond donors (Lipinski definition) is 0. The molecule has 0 fully saturated rings. The number of aryl methyl sites for hydroxylation is 2. The van der Waals surface area contributed by atoms with Gasteiger partial charge < -0.3 is 4.90 Å². The van der Waals surface area contributed by atoms with Crippen LogP contribution in [0.15, 0.2) is 48.9 Å². The van der Waals surface area contributed by atoms with Gasteiger partial charge in [-0.15, -0.1) is 0 Å². The van der Waals surface area contributed by atoms with E-state index in [1.807, 2.05) is 63.6 Å². The number of carbonyl (C=O) groups is 1. The van der Waals surface area contributed by atoms with Crippen molar-refractivity contribution in [3.8, 4) is 5.69 Å². The zero-order valence-corrected chi connectivity index (χ0v) is 14.2. The fourth-order valence-corrected chi connectivity index (χ4v) is 2.62. The Labute approximate surface area is 141 Å². The molecule has 0 spiro atoms. The summed E-state index contributed by atoms with van der Waals surface area (Å²) in [5.41, 5.74) is 3.50. The third-order valence-electron chi connectivity index (χ3n) is 3.97. The summed E-state index contributed by atoms with van der Waals surface area (Å²) < 4.78 is 3.59. The van der Waals surface area contributed by atoms with Gasteiger partial charge in [-0.25, -0.2) is 4.68 Å². The smallest absolute Gasteiger partial charge is 0.257 e. The molecule has 0 N–H and O–H groups in total. The molecule has 0 aliphatic heterocycles. The van der Waals surface area contributed by atoms with Gasteiger partial charge in [0.2, 0.25) is 0 Å². The van der Waals surface area contributed by atoms with Crippen molar-refractivity contribution in [2.45, 2.75) is 26.9 Å². The molecule has 124 valence electrons. The van der Waals surface area contributed by atoms with Gasteiger partial charge in [-0.2, -0.15) is 10.2 Å². The quantitative estimate of drug-likeness (QED) is 0.725. The first-order valence-electron chi connectivity index (χ1n) is 7.97. The number of hydrogen-bond acceptors (Lipinski definition) is 3. The highest BCUT2D eigenvalue weighted by Crippen LogP contribution is 2.13. The van der Waals surface area contributed by atoms with Crippen molar-refractivity contribution >= 4 is 5.91 Å². The molecule has 1 amide bonds. The van der Waals surface area contributed by atoms with Crippen molar-refractivity contribution in [3.63, 3.8) is 0 Å². The lowest BCUT2D eigenvalue weighted by Crippen LogP contribution is -2.26. The van der Waals surface area contributed by atoms with E-state index in [2.05, 4.69) is 10.2 Å². The molecule has 6 heteroatoms. The summed E-state index contributed by atoms with van der Waals surface area (Å²) in [6.45, 7) is 5.18. The van der Waals surface area contributed by atoms with Gasteiger partial charge in [0.1, 0.15) is 0 Å². The van der Waals surface area contributed by atoms with Crippen LogP contribution >= 0.6 is 0 Å². The average molecular weight is 323 g/mol. The Bertz CT molecular complexity index is 818. The molecule has 0 atom stereocenters. The van der Waals surface area contributed by atoms with Crippen LogP contribution in [0.4, 0.5) is 0 Å². The number of nitrogens with zero attached hydrogens (tertiary/aromatic N) is 5. The van der Waals surface area contributed by atoms with Crippen molar-refractivity contribution < 1.29 is 4.79 Å². The number of rotatable bonds is 5. The normalized spacial score (nSPS) is 10.8. The minimum Gasteiger partial charge on any atom is -0.337 e. The Hall–Kier alpha value is -2.89. The highest BCUT2D eigenvalue weighted by atomic mass is 16.2. The molecule has 2 heterocycles. The van der Waals surface area contributed by atoms with E-state index in [9.17, 15) is 4.79 Å². The predicted octanol–water partition coefficient (Wildman–Crippen LogP) is 2.67. The minimum absolute atomic E-state index is 0.0108. The fraction of sp³-hybridized carbons (Fsp3) is 0.278. The monoisotopic (exact) mass is 323 g/mol. The van der Waals surface area contributed by atoms with E-state index in [0.717, 1.165) is 23.5 Å². The first-order chi connectivity index (χ1) is 11.6. The largest absolute Gasteiger partial charge is 0.337 e. The molecule has 0 saturated heterocycles. The van der Waals surface area contributed by atoms with E-state index in [0.29, 0.717) is 12.1 Å². The van der Waals surface area contributed by atoms with E-state index in [1.54, 1.807) is 20.5 Å². The third kappa shape index (κ3) is 3.22. The molecule has 0 aliphatic rings. The number of aromatic nitrogens is 4. The van der Waals surface area contributed by atoms with Crippen LogP contribution in [0, 0.1) is 6.92 Å². The maximum absolute atomic E-state index is 12.6. The summed E-state index contributed by atoms with van der Waals surface area (Å²) in [5, 5.41) is 8.55. The van der Waals surface area contributed by atoms with Gasteiger partial charge in [0, 0.05) is 38.7 Å². The summed E-state index contributed by atoms with van der Waals surface area (Å²) >= 11 is 0. The minimum atomic E-state index is -0.0108. The van der Waals surface area contributed by atoms with Gasteiger partial charge >= 0.3 is 0 Å². The zero-order chi connectivity index (χ0) is 17.1. The number of carbonyl (C=O) groups excluding carboxylic acids is 1. The predicted molar refractivity (Wildman–Crippen MR) is 92.0 cm³/mol. The molecular formula is C18H21N5O. The molecule has 0 aliphatic carbocycles. The van der Waals surface area contributed by atoms with Crippen LogP contribution in [-0.2, 0) is 13.1 Å². The van der Waals surface area contributed by atoms with E-state index in [-0.39, 0.29) is 5.91 Å². The highest BCUT2D eigenvalue weighted by Gasteiger charge is 2.17. The SMILES string of the molecule is CCn1cc(C(=O)N(C)Cc2ccc(-n3cccn3)cc2)c(C)n1. The summed E-state index contributed by atoms with van der Waals surface area (Å²) in [6.07, 6.45) is 5.47. The Morgan fingerprint density at radius 3 is 2.58 bits per heavy atom. The van der Waals surface area contributed by atoms with Crippen molar-refractivity contribution in [3.05, 3.63) is 65.7 Å². The van der Waals surface area contributed by atoms with Crippen molar-refractivity contribution in [1.29, 1.82) is 0 Å². The Morgan fingerprint density at radius 2 is 2.00 bits per heavy atom. The van der Waals surface area contributed by atoms with E-state index in [1.165, 1.54) is 0 Å². The summed E-state index contributed by atoms with van der Waals surface area (Å²) in [4.78, 5) is 14.3. The van der Waals surface area contributed by atoms with Crippen molar-refractivity contribution in [2.75, 3.05) is 7.05 Å². The highest BCUT2D eigenvalue weighted by molar-refractivity contribution is 5.94. The van der Waals surface area contributed by atoms with Crippen LogP contribution in [0.2, 0.25) is 0 Å². The third-order valence-corrected chi connectivity index (χ3v) is 3.97. The Kier molecular flexibility index (Phi) is 4.46. The second-order valence-corrected chi connectivity index (χ2v) is 5.76. The zero-order valence-electron chi connectivity index (χ0n) is 14.2. The second kappa shape index (κ2) is 6.70. The van der Waals surface area contributed by atoms with E-state index >= 15 is 0 Å². The molecule has 0 bridgehead atoms. The van der Waals surface area contributed by atoms with Crippen LogP contribution in [0.5, 0.6) is 0 Å². The van der Waals surface area contributed by atoms with Crippen molar-refractivity contribution in [2.24, 2.45) is 0 Å². The molecule has 0 saturated carbocycles. The first kappa shape index (κ1) is 16.0. The number of benzene rings is 1. The lowest BCUT2D eigenvalue weighted by atomic mass is 10.1. The van der Waals surface area contributed by atoms with Crippen LogP contribution in [0.25, 0.3) is 5.69 Å². The Morgan fingerprint density at radius 1 is 1.25 bits per heavy atom. The molecule has 3 rings (SSSR count). The molecule has 24 heavy (non-hydrogen) atoms. The summed E-state index contributed by atoms with van der Waals surface area (Å²) in [5.74, 6) is -0.0108. The van der Waals surface area contributed by atoms with Gasteiger partial charge in [-0.3, -0.25) is 9.48 Å². The van der Waals surface area contributed by atoms with Gasteiger partial charge in [0.05, 0.1) is 16.9 Å². The molecule has 0 radical (unpaired) electrons. The van der Waals surface area contributed by atoms with Gasteiger partial charge in [-0.05, 0) is 37.6 Å². The fourth-order valence-electron chi connectivity index (χ4n) is 2.62. The molecule has 6 nitrogen and oxygen atoms in total. The first-order valence-corrected chi connectivity index (χ1v) is 7.97. The van der Waals surface area contributed by atoms with Crippen LogP contribution in [0.3, 0.4) is 0 Å². The topological polar surface area (TPSA) is 56.0 Å². The van der Waals surface area contributed by atoms with Gasteiger partial charge in [-0.1, -0.05) is 12.1 Å². The molecule has 1 aromatic carbocycles. The summed E-state index contributed by atoms with van der Waals surface area (Å²) in [6, 6.07) is 9.92. The lowest BCUT2D eigenvalue weighted by Gasteiger charge is -2.17. The van der Waals surface area contributed by atoms with Crippen LogP contribution in [0.1, 0.15) is 28.5 Å². The lowest BCUT2D eigenvalue weighted by molar-refractivity contribution is 0.0784. The average Bonchev–Trinajstić information content (AvgIpc) is 3.24. The number of amides is 1. The van der Waals surface area contributed by atoms with E-state index in [4.69, 9.17) is 0 Å². The second-order valence-electron chi connectivity index (χ2n) is 5.76. The molecule has 2 aromatic heterocycles. The van der Waals surface area contributed by atoms with Gasteiger partial charge in [0.15, 0.2) is 0 Å². The van der Waals surface area contributed by atoms with Gasteiger partial charge in [0.25, 0.3) is 5.91 Å². The van der Waals surface area contributed by atoms with E-state index < -0.39 is 0 Å². The van der Waals surface area contributed by atoms with Crippen molar-refractivity contribution in [1.82, 2.24) is 24.5 Å². The van der Waals surface area contributed by atoms with Crippen LogP contribution < -0.4 is 0 Å². The maximum atomic E-state index is 12.6. The molecule has 3 aromatic rings.